The van der Waals surface area contributed by atoms with E-state index in [4.69, 9.17) is 16.3 Å². The molecule has 0 atom stereocenters. The zero-order chi connectivity index (χ0) is 12.3. The lowest BCUT2D eigenvalue weighted by atomic mass is 10.4. The second kappa shape index (κ2) is 5.62. The van der Waals surface area contributed by atoms with E-state index in [1.54, 1.807) is 0 Å². The maximum Gasteiger partial charge on any atom is 0.310 e. The number of nitrogens with zero attached hydrogens (tertiary/aromatic N) is 3. The fraction of sp³-hybridized carbons (Fsp3) is 0.455. The second-order valence-corrected chi connectivity index (χ2v) is 7.45. The van der Waals surface area contributed by atoms with Gasteiger partial charge in [0.2, 0.25) is 0 Å². The Bertz CT molecular complexity index is 500. The summed E-state index contributed by atoms with van der Waals surface area (Å²) in [5.74, 6) is 0. The SMILES string of the molecule is C[Si+](C)CCOCn1ccc2c(Cl)ncnc21. The normalized spacial score (nSPS) is 11.0. The van der Waals surface area contributed by atoms with Gasteiger partial charge in [-0.05, 0) is 6.07 Å². The monoisotopic (exact) mass is 268 g/mol. The van der Waals surface area contributed by atoms with Gasteiger partial charge in [-0.3, -0.25) is 0 Å². The van der Waals surface area contributed by atoms with Crippen LogP contribution < -0.4 is 0 Å². The molecule has 0 spiro atoms. The summed E-state index contributed by atoms with van der Waals surface area (Å²) in [4.78, 5) is 8.15. The number of fused-ring (bicyclic) bond motifs is 1. The molecule has 0 saturated heterocycles. The van der Waals surface area contributed by atoms with Crippen molar-refractivity contribution in [2.75, 3.05) is 6.61 Å². The standard InChI is InChI=1S/C11H15ClN3OSi/c1-17(2)6-5-16-8-15-4-3-9-10(12)13-7-14-11(9)15/h3-4,7H,5-6,8H2,1-2H3/q+1. The fourth-order valence-electron chi connectivity index (χ4n) is 1.52. The van der Waals surface area contributed by atoms with Crippen LogP contribution in [0.15, 0.2) is 18.6 Å². The number of rotatable bonds is 5. The smallest absolute Gasteiger partial charge is 0.310 e. The Kier molecular flexibility index (Phi) is 4.14. The first-order valence-corrected chi connectivity index (χ1v) is 8.59. The number of ether oxygens (including phenoxy) is 1. The quantitative estimate of drug-likeness (QED) is 0.476. The van der Waals surface area contributed by atoms with Crippen LogP contribution in [0.4, 0.5) is 0 Å². The van der Waals surface area contributed by atoms with Crippen molar-refractivity contribution < 1.29 is 4.74 Å². The molecule has 0 saturated carbocycles. The van der Waals surface area contributed by atoms with E-state index in [9.17, 15) is 0 Å². The molecule has 90 valence electrons. The average Bonchev–Trinajstić information content (AvgIpc) is 2.69. The predicted octanol–water partition coefficient (Wildman–Crippen LogP) is 2.81. The van der Waals surface area contributed by atoms with Gasteiger partial charge in [-0.25, -0.2) is 9.97 Å². The Morgan fingerprint density at radius 3 is 3.00 bits per heavy atom. The van der Waals surface area contributed by atoms with Crippen LogP contribution in [-0.4, -0.2) is 29.9 Å². The van der Waals surface area contributed by atoms with Gasteiger partial charge >= 0.3 is 8.80 Å². The van der Waals surface area contributed by atoms with Crippen molar-refractivity contribution in [3.8, 4) is 0 Å². The molecule has 2 heterocycles. The fourth-order valence-corrected chi connectivity index (χ4v) is 2.26. The van der Waals surface area contributed by atoms with Gasteiger partial charge in [0.15, 0.2) is 0 Å². The first kappa shape index (κ1) is 12.5. The van der Waals surface area contributed by atoms with Crippen LogP contribution in [0.1, 0.15) is 0 Å². The Morgan fingerprint density at radius 1 is 1.41 bits per heavy atom. The minimum Gasteiger partial charge on any atom is -0.358 e. The molecular formula is C11H15ClN3OSi+. The lowest BCUT2D eigenvalue weighted by Crippen LogP contribution is -2.08. The van der Waals surface area contributed by atoms with Crippen molar-refractivity contribution in [1.82, 2.24) is 14.5 Å². The lowest BCUT2D eigenvalue weighted by molar-refractivity contribution is 0.0902. The van der Waals surface area contributed by atoms with Crippen molar-refractivity contribution in [3.63, 3.8) is 0 Å². The molecule has 0 N–H and O–H groups in total. The Morgan fingerprint density at radius 2 is 2.24 bits per heavy atom. The summed E-state index contributed by atoms with van der Waals surface area (Å²) < 4.78 is 7.57. The number of hydrogen-bond acceptors (Lipinski definition) is 3. The molecule has 0 amide bonds. The molecule has 2 rings (SSSR count). The van der Waals surface area contributed by atoms with Crippen LogP contribution in [0.2, 0.25) is 24.3 Å². The van der Waals surface area contributed by atoms with Gasteiger partial charge < -0.3 is 9.30 Å². The van der Waals surface area contributed by atoms with Gasteiger partial charge in [0.25, 0.3) is 0 Å². The number of halogens is 1. The molecule has 0 aromatic carbocycles. The molecule has 0 aliphatic carbocycles. The topological polar surface area (TPSA) is 39.9 Å². The first-order valence-electron chi connectivity index (χ1n) is 5.50. The van der Waals surface area contributed by atoms with E-state index in [2.05, 4.69) is 23.1 Å². The maximum atomic E-state index is 5.97. The summed E-state index contributed by atoms with van der Waals surface area (Å²) in [5.41, 5.74) is 0.823. The molecule has 0 aliphatic heterocycles. The molecular weight excluding hydrogens is 254 g/mol. The van der Waals surface area contributed by atoms with Gasteiger partial charge in [-0.2, -0.15) is 0 Å². The summed E-state index contributed by atoms with van der Waals surface area (Å²) >= 11 is 5.97. The van der Waals surface area contributed by atoms with Crippen LogP contribution >= 0.6 is 11.6 Å². The first-order chi connectivity index (χ1) is 8.18. The summed E-state index contributed by atoms with van der Waals surface area (Å²) in [6.45, 7) is 5.89. The summed E-state index contributed by atoms with van der Waals surface area (Å²) in [5, 5.41) is 1.36. The minimum absolute atomic E-state index is 0.205. The van der Waals surface area contributed by atoms with Crippen molar-refractivity contribution in [2.24, 2.45) is 0 Å². The van der Waals surface area contributed by atoms with Gasteiger partial charge in [-0.15, -0.1) is 0 Å². The van der Waals surface area contributed by atoms with E-state index in [1.165, 1.54) is 12.4 Å². The molecule has 0 radical (unpaired) electrons. The third-order valence-electron chi connectivity index (χ3n) is 2.48. The van der Waals surface area contributed by atoms with E-state index in [1.807, 2.05) is 16.8 Å². The third kappa shape index (κ3) is 3.05. The van der Waals surface area contributed by atoms with Crippen LogP contribution in [0.25, 0.3) is 11.0 Å². The molecule has 0 aliphatic rings. The van der Waals surface area contributed by atoms with Crippen molar-refractivity contribution in [3.05, 3.63) is 23.7 Å². The van der Waals surface area contributed by atoms with Gasteiger partial charge in [-0.1, -0.05) is 11.6 Å². The molecule has 6 heteroatoms. The molecule has 0 bridgehead atoms. The largest absolute Gasteiger partial charge is 0.358 e. The van der Waals surface area contributed by atoms with Gasteiger partial charge in [0, 0.05) is 6.20 Å². The van der Waals surface area contributed by atoms with E-state index in [0.29, 0.717) is 11.9 Å². The highest BCUT2D eigenvalue weighted by atomic mass is 35.5. The molecule has 2 aromatic rings. The lowest BCUT2D eigenvalue weighted by Gasteiger charge is -2.04. The van der Waals surface area contributed by atoms with Crippen LogP contribution in [0.5, 0.6) is 0 Å². The maximum absolute atomic E-state index is 5.97. The Labute approximate surface area is 107 Å². The average molecular weight is 269 g/mol. The second-order valence-electron chi connectivity index (χ2n) is 4.18. The molecule has 0 unspecified atom stereocenters. The van der Waals surface area contributed by atoms with Crippen LogP contribution in [-0.2, 0) is 11.5 Å². The highest BCUT2D eigenvalue weighted by Gasteiger charge is 2.10. The Hall–Kier alpha value is -0.913. The van der Waals surface area contributed by atoms with E-state index in [0.717, 1.165) is 17.6 Å². The predicted molar refractivity (Wildman–Crippen MR) is 70.8 cm³/mol. The highest BCUT2D eigenvalue weighted by molar-refractivity contribution is 6.55. The van der Waals surface area contributed by atoms with Crippen LogP contribution in [0.3, 0.4) is 0 Å². The van der Waals surface area contributed by atoms with Gasteiger partial charge in [0.05, 0.1) is 31.1 Å². The van der Waals surface area contributed by atoms with E-state index in [-0.39, 0.29) is 8.80 Å². The van der Waals surface area contributed by atoms with Crippen molar-refractivity contribution in [1.29, 1.82) is 0 Å². The summed E-state index contributed by atoms with van der Waals surface area (Å²) in [6.07, 6.45) is 3.40. The van der Waals surface area contributed by atoms with E-state index < -0.39 is 0 Å². The minimum atomic E-state index is -0.205. The molecule has 4 nitrogen and oxygen atoms in total. The molecule has 2 aromatic heterocycles. The third-order valence-corrected chi connectivity index (χ3v) is 3.99. The van der Waals surface area contributed by atoms with Crippen molar-refractivity contribution >= 4 is 31.4 Å². The zero-order valence-corrected chi connectivity index (χ0v) is 11.7. The summed E-state index contributed by atoms with van der Waals surface area (Å²) in [7, 11) is -0.205. The Balaban J connectivity index is 2.02. The van der Waals surface area contributed by atoms with E-state index >= 15 is 0 Å². The molecule has 17 heavy (non-hydrogen) atoms. The molecule has 0 fully saturated rings. The zero-order valence-electron chi connectivity index (χ0n) is 9.98. The van der Waals surface area contributed by atoms with Gasteiger partial charge in [0.1, 0.15) is 23.9 Å². The highest BCUT2D eigenvalue weighted by Crippen LogP contribution is 2.19. The van der Waals surface area contributed by atoms with Crippen LogP contribution in [0, 0.1) is 0 Å². The number of hydrogen-bond donors (Lipinski definition) is 0. The van der Waals surface area contributed by atoms with Crippen molar-refractivity contribution in [2.45, 2.75) is 25.9 Å². The summed E-state index contributed by atoms with van der Waals surface area (Å²) in [6, 6.07) is 3.08. The number of aromatic nitrogens is 3.